The van der Waals surface area contributed by atoms with E-state index < -0.39 is 0 Å². The number of hydrogen-bond donors (Lipinski definition) is 0. The summed E-state index contributed by atoms with van der Waals surface area (Å²) < 4.78 is 1.90. The van der Waals surface area contributed by atoms with E-state index in [4.69, 9.17) is 4.98 Å². The Bertz CT molecular complexity index is 1020. The molecular formula is C21H26N6O. The maximum Gasteiger partial charge on any atom is 0.274 e. The zero-order valence-electron chi connectivity index (χ0n) is 16.9. The average Bonchev–Trinajstić information content (AvgIpc) is 3.10. The van der Waals surface area contributed by atoms with Crippen LogP contribution < -0.4 is 4.90 Å². The monoisotopic (exact) mass is 378 g/mol. The van der Waals surface area contributed by atoms with Gasteiger partial charge in [0.25, 0.3) is 5.91 Å². The van der Waals surface area contributed by atoms with Crippen molar-refractivity contribution in [1.29, 1.82) is 0 Å². The van der Waals surface area contributed by atoms with Crippen LogP contribution in [0, 0.1) is 13.8 Å². The molecule has 7 nitrogen and oxygen atoms in total. The number of nitrogens with zero attached hydrogens (tertiary/aromatic N) is 6. The van der Waals surface area contributed by atoms with Crippen LogP contribution in [0.2, 0.25) is 0 Å². The minimum Gasteiger partial charge on any atom is -0.353 e. The molecule has 4 rings (SSSR count). The molecule has 0 bridgehead atoms. The second-order valence-corrected chi connectivity index (χ2v) is 7.76. The van der Waals surface area contributed by atoms with Gasteiger partial charge >= 0.3 is 0 Å². The molecule has 0 saturated carbocycles. The molecule has 3 aromatic heterocycles. The molecule has 4 heterocycles. The molecule has 0 N–H and O–H groups in total. The average molecular weight is 378 g/mol. The largest absolute Gasteiger partial charge is 0.353 e. The Morgan fingerprint density at radius 2 is 1.79 bits per heavy atom. The Morgan fingerprint density at radius 1 is 1.04 bits per heavy atom. The predicted octanol–water partition coefficient (Wildman–Crippen LogP) is 2.83. The lowest BCUT2D eigenvalue weighted by Gasteiger charge is -2.35. The van der Waals surface area contributed by atoms with Crippen molar-refractivity contribution < 1.29 is 4.79 Å². The third-order valence-electron chi connectivity index (χ3n) is 5.10. The number of fused-ring (bicyclic) bond motifs is 1. The number of aryl methyl sites for hydroxylation is 2. The van der Waals surface area contributed by atoms with Crippen LogP contribution in [0.15, 0.2) is 30.6 Å². The lowest BCUT2D eigenvalue weighted by atomic mass is 10.2. The van der Waals surface area contributed by atoms with Gasteiger partial charge in [-0.25, -0.2) is 15.0 Å². The second kappa shape index (κ2) is 7.22. The van der Waals surface area contributed by atoms with Gasteiger partial charge < -0.3 is 14.2 Å². The molecule has 0 unspecified atom stereocenters. The van der Waals surface area contributed by atoms with Crippen molar-refractivity contribution in [3.05, 3.63) is 53.4 Å². The minimum atomic E-state index is -0.0114. The van der Waals surface area contributed by atoms with Crippen molar-refractivity contribution >= 4 is 17.4 Å². The molecule has 0 aliphatic carbocycles. The van der Waals surface area contributed by atoms with Crippen LogP contribution in [-0.4, -0.2) is 56.3 Å². The summed E-state index contributed by atoms with van der Waals surface area (Å²) in [7, 11) is 0. The molecule has 0 spiro atoms. The number of aromatic nitrogens is 4. The number of amides is 1. The van der Waals surface area contributed by atoms with Crippen molar-refractivity contribution in [2.24, 2.45) is 0 Å². The maximum absolute atomic E-state index is 12.9. The highest BCUT2D eigenvalue weighted by atomic mass is 16.2. The van der Waals surface area contributed by atoms with Gasteiger partial charge in [-0.1, -0.05) is 13.8 Å². The van der Waals surface area contributed by atoms with E-state index in [1.54, 1.807) is 0 Å². The summed E-state index contributed by atoms with van der Waals surface area (Å²) in [5.41, 5.74) is 3.41. The predicted molar refractivity (Wildman–Crippen MR) is 109 cm³/mol. The SMILES string of the molecule is Cc1ccn2cc(C(=O)N3CCN(c4cc(C)nc(C(C)C)n4)CC3)nc2c1. The zero-order chi connectivity index (χ0) is 19.8. The van der Waals surface area contributed by atoms with Crippen LogP contribution in [0.3, 0.4) is 0 Å². The first kappa shape index (κ1) is 18.4. The highest BCUT2D eigenvalue weighted by Gasteiger charge is 2.25. The molecule has 146 valence electrons. The summed E-state index contributed by atoms with van der Waals surface area (Å²) in [6.07, 6.45) is 3.75. The number of anilines is 1. The van der Waals surface area contributed by atoms with Gasteiger partial charge in [0.2, 0.25) is 0 Å². The van der Waals surface area contributed by atoms with Crippen molar-refractivity contribution in [3.63, 3.8) is 0 Å². The lowest BCUT2D eigenvalue weighted by molar-refractivity contribution is 0.0741. The van der Waals surface area contributed by atoms with Crippen LogP contribution in [0.4, 0.5) is 5.82 Å². The highest BCUT2D eigenvalue weighted by Crippen LogP contribution is 2.19. The second-order valence-electron chi connectivity index (χ2n) is 7.76. The Hall–Kier alpha value is -2.96. The lowest BCUT2D eigenvalue weighted by Crippen LogP contribution is -2.49. The van der Waals surface area contributed by atoms with Crippen molar-refractivity contribution in [1.82, 2.24) is 24.3 Å². The quantitative estimate of drug-likeness (QED) is 0.701. The number of rotatable bonds is 3. The summed E-state index contributed by atoms with van der Waals surface area (Å²) in [6.45, 7) is 11.1. The molecule has 1 fully saturated rings. The molecule has 0 aromatic carbocycles. The molecule has 1 amide bonds. The fourth-order valence-corrected chi connectivity index (χ4v) is 3.48. The molecule has 1 aliphatic rings. The Balaban J connectivity index is 1.47. The molecule has 7 heteroatoms. The first-order chi connectivity index (χ1) is 13.4. The van der Waals surface area contributed by atoms with Crippen molar-refractivity contribution in [2.45, 2.75) is 33.6 Å². The summed E-state index contributed by atoms with van der Waals surface area (Å²) >= 11 is 0. The van der Waals surface area contributed by atoms with Crippen LogP contribution in [0.1, 0.15) is 47.3 Å². The molecule has 0 radical (unpaired) electrons. The number of hydrogen-bond acceptors (Lipinski definition) is 5. The van der Waals surface area contributed by atoms with Gasteiger partial charge in [0.05, 0.1) is 0 Å². The van der Waals surface area contributed by atoms with Crippen LogP contribution in [0.5, 0.6) is 0 Å². The fraction of sp³-hybridized carbons (Fsp3) is 0.429. The summed E-state index contributed by atoms with van der Waals surface area (Å²) in [5, 5.41) is 0. The topological polar surface area (TPSA) is 66.6 Å². The van der Waals surface area contributed by atoms with Crippen molar-refractivity contribution in [2.75, 3.05) is 31.1 Å². The van der Waals surface area contributed by atoms with Gasteiger partial charge in [-0.05, 0) is 31.5 Å². The molecule has 28 heavy (non-hydrogen) atoms. The third kappa shape index (κ3) is 3.56. The number of pyridine rings is 1. The maximum atomic E-state index is 12.9. The van der Waals surface area contributed by atoms with Gasteiger partial charge in [-0.15, -0.1) is 0 Å². The molecule has 1 saturated heterocycles. The number of imidazole rings is 1. The fourth-order valence-electron chi connectivity index (χ4n) is 3.48. The summed E-state index contributed by atoms with van der Waals surface area (Å²) in [4.78, 5) is 30.8. The van der Waals surface area contributed by atoms with E-state index in [1.807, 2.05) is 53.7 Å². The standard InChI is InChI=1S/C21H26N6O/c1-14(2)20-22-16(4)12-19(24-20)25-7-9-26(10-8-25)21(28)17-13-27-6-5-15(3)11-18(27)23-17/h5-6,11-14H,7-10H2,1-4H3. The Morgan fingerprint density at radius 3 is 2.50 bits per heavy atom. The highest BCUT2D eigenvalue weighted by molar-refractivity contribution is 5.93. The van der Waals surface area contributed by atoms with Gasteiger partial charge in [0, 0.05) is 56.3 Å². The summed E-state index contributed by atoms with van der Waals surface area (Å²) in [5.74, 6) is 2.10. The Labute approximate surface area is 165 Å². The van der Waals surface area contributed by atoms with E-state index in [1.165, 1.54) is 0 Å². The summed E-state index contributed by atoms with van der Waals surface area (Å²) in [6, 6.07) is 6.02. The van der Waals surface area contributed by atoms with E-state index in [0.717, 1.165) is 41.6 Å². The van der Waals surface area contributed by atoms with Gasteiger partial charge in [0.1, 0.15) is 23.0 Å². The van der Waals surface area contributed by atoms with Gasteiger partial charge in [0.15, 0.2) is 0 Å². The normalized spacial score (nSPS) is 14.9. The van der Waals surface area contributed by atoms with E-state index in [-0.39, 0.29) is 5.91 Å². The van der Waals surface area contributed by atoms with Crippen LogP contribution >= 0.6 is 0 Å². The minimum absolute atomic E-state index is 0.0114. The number of piperazine rings is 1. The molecular weight excluding hydrogens is 352 g/mol. The first-order valence-electron chi connectivity index (χ1n) is 9.76. The smallest absolute Gasteiger partial charge is 0.274 e. The van der Waals surface area contributed by atoms with E-state index in [2.05, 4.69) is 28.7 Å². The zero-order valence-corrected chi connectivity index (χ0v) is 16.9. The van der Waals surface area contributed by atoms with Crippen LogP contribution in [0.25, 0.3) is 5.65 Å². The van der Waals surface area contributed by atoms with E-state index >= 15 is 0 Å². The molecule has 1 aliphatic heterocycles. The van der Waals surface area contributed by atoms with E-state index in [9.17, 15) is 4.79 Å². The number of carbonyl (C=O) groups excluding carboxylic acids is 1. The van der Waals surface area contributed by atoms with Crippen LogP contribution in [-0.2, 0) is 0 Å². The Kier molecular flexibility index (Phi) is 4.75. The van der Waals surface area contributed by atoms with E-state index in [0.29, 0.717) is 24.7 Å². The number of carbonyl (C=O) groups is 1. The van der Waals surface area contributed by atoms with Crippen molar-refractivity contribution in [3.8, 4) is 0 Å². The molecule has 3 aromatic rings. The first-order valence-corrected chi connectivity index (χ1v) is 9.76. The third-order valence-corrected chi connectivity index (χ3v) is 5.10. The van der Waals surface area contributed by atoms with Gasteiger partial charge in [-0.2, -0.15) is 0 Å². The molecule has 0 atom stereocenters. The van der Waals surface area contributed by atoms with Gasteiger partial charge in [-0.3, -0.25) is 4.79 Å².